The summed E-state index contributed by atoms with van der Waals surface area (Å²) in [5.41, 5.74) is 3.05. The number of methoxy groups -OCH3 is 1. The Balaban J connectivity index is 1.53. The molecule has 2 aromatic rings. The van der Waals surface area contributed by atoms with Crippen LogP contribution in [0.5, 0.6) is 0 Å². The lowest BCUT2D eigenvalue weighted by Gasteiger charge is -2.46. The van der Waals surface area contributed by atoms with Gasteiger partial charge in [-0.05, 0) is 72.7 Å². The second-order valence-electron chi connectivity index (χ2n) is 16.0. The van der Waals surface area contributed by atoms with Crippen LogP contribution in [-0.2, 0) is 39.8 Å². The third kappa shape index (κ3) is 8.06. The fraction of sp³-hybridized carbons (Fsp3) is 0.675. The number of hydrogen-bond donors (Lipinski definition) is 3. The van der Waals surface area contributed by atoms with Gasteiger partial charge in [-0.3, -0.25) is 4.79 Å². The first-order valence-corrected chi connectivity index (χ1v) is 18.9. The molecule has 1 aromatic heterocycles. The average Bonchev–Trinajstić information content (AvgIpc) is 3.64. The lowest BCUT2D eigenvalue weighted by Crippen LogP contribution is -2.60. The van der Waals surface area contributed by atoms with Crippen molar-refractivity contribution in [1.82, 2.24) is 20.3 Å². The normalized spacial score (nSPS) is 38.6. The summed E-state index contributed by atoms with van der Waals surface area (Å²) < 4.78 is 31.4. The minimum absolute atomic E-state index is 0.117. The first kappa shape index (κ1) is 40.8. The second kappa shape index (κ2) is 16.2. The number of fused-ring (bicyclic) bond motifs is 2. The molecular weight excluding hydrogens is 680 g/mol. The van der Waals surface area contributed by atoms with E-state index < -0.39 is 71.7 Å². The van der Waals surface area contributed by atoms with E-state index in [9.17, 15) is 19.5 Å². The Kier molecular flexibility index (Phi) is 12.5. The highest BCUT2D eigenvalue weighted by Gasteiger charge is 2.60. The molecule has 0 unspecified atom stereocenters. The number of esters is 1. The maximum Gasteiger partial charge on any atom is 0.425 e. The van der Waals surface area contributed by atoms with E-state index in [4.69, 9.17) is 23.7 Å². The molecule has 3 N–H and O–H groups in total. The van der Waals surface area contributed by atoms with Gasteiger partial charge in [-0.2, -0.15) is 0 Å². The Labute approximate surface area is 313 Å². The number of hydrazine groups is 1. The van der Waals surface area contributed by atoms with E-state index in [1.807, 2.05) is 84.1 Å². The molecule has 3 aliphatic rings. The molecule has 2 fully saturated rings. The molecule has 53 heavy (non-hydrogen) atoms. The lowest BCUT2D eigenvalue weighted by molar-refractivity contribution is -0.294. The van der Waals surface area contributed by atoms with Gasteiger partial charge in [0.1, 0.15) is 24.0 Å². The van der Waals surface area contributed by atoms with Gasteiger partial charge in [0.25, 0.3) is 0 Å². The Morgan fingerprint density at radius 2 is 1.81 bits per heavy atom. The smallest absolute Gasteiger partial charge is 0.425 e. The molecule has 0 spiro atoms. The van der Waals surface area contributed by atoms with Gasteiger partial charge < -0.3 is 38.7 Å². The number of aromatic nitrogens is 1. The number of ketones is 1. The number of carbonyl (C=O) groups is 3. The van der Waals surface area contributed by atoms with Gasteiger partial charge in [-0.25, -0.2) is 20.0 Å². The highest BCUT2D eigenvalue weighted by atomic mass is 16.7. The van der Waals surface area contributed by atoms with Crippen LogP contribution in [0.2, 0.25) is 0 Å². The molecule has 294 valence electrons. The number of aliphatic hydroxyl groups excluding tert-OH is 1. The van der Waals surface area contributed by atoms with Crippen molar-refractivity contribution in [3.8, 4) is 0 Å². The van der Waals surface area contributed by atoms with Crippen molar-refractivity contribution in [3.63, 3.8) is 0 Å². The number of Topliss-reactive ketones (excluding diaryl/α,β-unsaturated/α-hetero) is 1. The largest absolute Gasteiger partial charge is 0.455 e. The topological polar surface area (TPSA) is 152 Å². The molecule has 13 heteroatoms. The molecule has 5 rings (SSSR count). The van der Waals surface area contributed by atoms with Crippen molar-refractivity contribution in [2.75, 3.05) is 21.2 Å². The van der Waals surface area contributed by atoms with Gasteiger partial charge in [-0.1, -0.05) is 52.0 Å². The molecule has 0 aliphatic carbocycles. The number of aromatic amines is 1. The maximum absolute atomic E-state index is 14.7. The zero-order valence-corrected chi connectivity index (χ0v) is 33.2. The number of carbonyl (C=O) groups excluding carboxylic acids is 3. The Bertz CT molecular complexity index is 1660. The van der Waals surface area contributed by atoms with Crippen LogP contribution in [-0.4, -0.2) is 113 Å². The summed E-state index contributed by atoms with van der Waals surface area (Å²) >= 11 is 0. The summed E-state index contributed by atoms with van der Waals surface area (Å²) in [6, 6.07) is 6.83. The molecule has 0 saturated carbocycles. The number of hydrogen-bond acceptors (Lipinski definition) is 11. The van der Waals surface area contributed by atoms with E-state index in [0.717, 1.165) is 16.5 Å². The van der Waals surface area contributed by atoms with Crippen molar-refractivity contribution in [2.45, 2.75) is 135 Å². The molecule has 4 heterocycles. The Morgan fingerprint density at radius 3 is 2.47 bits per heavy atom. The van der Waals surface area contributed by atoms with Crippen LogP contribution in [0.25, 0.3) is 10.9 Å². The Morgan fingerprint density at radius 1 is 1.11 bits per heavy atom. The monoisotopic (exact) mass is 740 g/mol. The summed E-state index contributed by atoms with van der Waals surface area (Å²) in [7, 11) is 5.40. The molecule has 13 nitrogen and oxygen atoms in total. The number of benzene rings is 1. The summed E-state index contributed by atoms with van der Waals surface area (Å²) in [5.74, 6) is -2.47. The molecule has 0 bridgehead atoms. The lowest BCUT2D eigenvalue weighted by atomic mass is 9.74. The van der Waals surface area contributed by atoms with E-state index in [1.165, 1.54) is 5.01 Å². The SMILES string of the molecule is CC[C@H]1OC(=O)/C(C)=C/[C@H](C)[C@@H](O[C@@H]2O[C@H](C)C[C@H](N(C)C)[C@H]2O)[C@](C)(OC)C[C@@H](C)C(=O)[C@H](C)[C@H]2N(NCc3c[nH]c4ccccc34)C(=O)O[C@]12C. The molecular formula is C40H60N4O9. The Hall–Kier alpha value is -3.33. The van der Waals surface area contributed by atoms with Gasteiger partial charge in [0.15, 0.2) is 11.9 Å². The number of H-pyrrole nitrogens is 1. The van der Waals surface area contributed by atoms with Crippen LogP contribution in [0.15, 0.2) is 42.1 Å². The average molecular weight is 741 g/mol. The second-order valence-corrected chi connectivity index (χ2v) is 16.0. The standard InChI is InChI=1S/C40H60N4O9/c1-12-31-40(8)34(44(38(48)53-40)42-21-27-20-41-29-16-14-13-15-28(27)29)26(6)32(45)24(4)19-39(7,49-11)35(22(2)17-23(3)36(47)51-31)52-37-33(46)30(43(9)10)18-25(5)50-37/h13-17,20,22,24-26,30-31,33-35,37,41-42,46H,12,18-19,21H2,1-11H3/b23-17+/t22-,24+,25+,26-,30-,31+,33+,34+,35+,37-,39+,40+/m0/s1. The zero-order valence-electron chi connectivity index (χ0n) is 33.2. The predicted molar refractivity (Wildman–Crippen MR) is 199 cm³/mol. The van der Waals surface area contributed by atoms with E-state index in [2.05, 4.69) is 10.4 Å². The van der Waals surface area contributed by atoms with Gasteiger partial charge in [0.2, 0.25) is 0 Å². The minimum atomic E-state index is -1.37. The van der Waals surface area contributed by atoms with Crippen LogP contribution in [0, 0.1) is 17.8 Å². The fourth-order valence-corrected chi connectivity index (χ4v) is 8.88. The van der Waals surface area contributed by atoms with Gasteiger partial charge in [0, 0.05) is 60.1 Å². The van der Waals surface area contributed by atoms with Crippen LogP contribution in [0.3, 0.4) is 0 Å². The van der Waals surface area contributed by atoms with E-state index in [1.54, 1.807) is 34.0 Å². The quantitative estimate of drug-likeness (QED) is 0.310. The number of nitrogens with one attached hydrogen (secondary N) is 2. The van der Waals surface area contributed by atoms with E-state index in [0.29, 0.717) is 18.4 Å². The van der Waals surface area contributed by atoms with E-state index >= 15 is 0 Å². The van der Waals surface area contributed by atoms with Gasteiger partial charge in [-0.15, -0.1) is 0 Å². The molecule has 1 amide bonds. The molecule has 2 saturated heterocycles. The first-order valence-electron chi connectivity index (χ1n) is 18.9. The number of nitrogens with zero attached hydrogens (tertiary/aromatic N) is 2. The van der Waals surface area contributed by atoms with Crippen molar-refractivity contribution in [2.24, 2.45) is 17.8 Å². The molecule has 12 atom stereocenters. The number of ether oxygens (including phenoxy) is 5. The third-order valence-corrected chi connectivity index (χ3v) is 11.8. The number of amides is 1. The number of cyclic esters (lactones) is 1. The van der Waals surface area contributed by atoms with Crippen molar-refractivity contribution >= 4 is 28.7 Å². The number of aliphatic hydroxyl groups is 1. The van der Waals surface area contributed by atoms with Crippen LogP contribution >= 0.6 is 0 Å². The van der Waals surface area contributed by atoms with Crippen LogP contribution in [0.1, 0.15) is 80.2 Å². The molecule has 0 radical (unpaired) electrons. The maximum atomic E-state index is 14.7. The summed E-state index contributed by atoms with van der Waals surface area (Å²) in [5, 5.41) is 13.8. The highest BCUT2D eigenvalue weighted by molar-refractivity contribution is 5.88. The number of para-hydroxylation sites is 1. The van der Waals surface area contributed by atoms with Crippen molar-refractivity contribution < 1.29 is 43.2 Å². The van der Waals surface area contributed by atoms with Gasteiger partial charge in [0.05, 0.1) is 17.8 Å². The predicted octanol–water partition coefficient (Wildman–Crippen LogP) is 5.12. The third-order valence-electron chi connectivity index (χ3n) is 11.8. The molecule has 1 aromatic carbocycles. The molecule has 3 aliphatic heterocycles. The zero-order chi connectivity index (χ0) is 39.0. The summed E-state index contributed by atoms with van der Waals surface area (Å²) in [6.45, 7) is 15.0. The van der Waals surface area contributed by atoms with E-state index in [-0.39, 0.29) is 30.9 Å². The minimum Gasteiger partial charge on any atom is -0.455 e. The summed E-state index contributed by atoms with van der Waals surface area (Å²) in [6.07, 6.45) is 0.451. The number of likely N-dealkylation sites (N-methyl/N-ethyl adjacent to an activating group) is 1. The number of rotatable bonds is 8. The highest BCUT2D eigenvalue weighted by Crippen LogP contribution is 2.42. The van der Waals surface area contributed by atoms with Gasteiger partial charge >= 0.3 is 12.1 Å². The van der Waals surface area contributed by atoms with Crippen molar-refractivity contribution in [3.05, 3.63) is 47.7 Å². The van der Waals surface area contributed by atoms with Crippen LogP contribution in [0.4, 0.5) is 4.79 Å². The van der Waals surface area contributed by atoms with Crippen LogP contribution < -0.4 is 5.43 Å². The fourth-order valence-electron chi connectivity index (χ4n) is 8.88. The van der Waals surface area contributed by atoms with Crippen molar-refractivity contribution in [1.29, 1.82) is 0 Å². The first-order chi connectivity index (χ1) is 24.9. The summed E-state index contributed by atoms with van der Waals surface area (Å²) in [4.78, 5) is 47.5.